The van der Waals surface area contributed by atoms with Crippen LogP contribution in [-0.4, -0.2) is 29.4 Å². The van der Waals surface area contributed by atoms with E-state index in [0.717, 1.165) is 31.5 Å². The summed E-state index contributed by atoms with van der Waals surface area (Å²) in [6, 6.07) is 3.45. The predicted octanol–water partition coefficient (Wildman–Crippen LogP) is 1.94. The van der Waals surface area contributed by atoms with Gasteiger partial charge in [0.2, 0.25) is 0 Å². The van der Waals surface area contributed by atoms with E-state index in [0.29, 0.717) is 11.4 Å². The van der Waals surface area contributed by atoms with Gasteiger partial charge in [0, 0.05) is 24.8 Å². The van der Waals surface area contributed by atoms with Crippen molar-refractivity contribution in [3.8, 4) is 0 Å². The Morgan fingerprint density at radius 2 is 2.17 bits per heavy atom. The quantitative estimate of drug-likeness (QED) is 0.460. The molecule has 5 heteroatoms. The van der Waals surface area contributed by atoms with Gasteiger partial charge in [-0.2, -0.15) is 0 Å². The maximum Gasteiger partial charge on any atom is 0.253 e. The topological polar surface area (TPSA) is 71.2 Å². The average Bonchev–Trinajstić information content (AvgIpc) is 2.37. The van der Waals surface area contributed by atoms with Gasteiger partial charge in [0.15, 0.2) is 0 Å². The first-order valence-electron chi connectivity index (χ1n) is 6.29. The smallest absolute Gasteiger partial charge is 0.253 e. The Morgan fingerprint density at radius 1 is 1.44 bits per heavy atom. The summed E-state index contributed by atoms with van der Waals surface area (Å²) in [5.41, 5.74) is 3.87. The van der Waals surface area contributed by atoms with E-state index in [2.05, 4.69) is 17.3 Å². The molecule has 1 aromatic rings. The molecular formula is C13H22N4O. The molecule has 1 rings (SSSR count). The number of unbranched alkanes of at least 4 members (excludes halogenated alkanes) is 2. The summed E-state index contributed by atoms with van der Waals surface area (Å²) in [4.78, 5) is 18.1. The fourth-order valence-electron chi connectivity index (χ4n) is 1.79. The Hall–Kier alpha value is -1.62. The highest BCUT2D eigenvalue weighted by atomic mass is 16.2. The van der Waals surface area contributed by atoms with Gasteiger partial charge < -0.3 is 10.3 Å². The van der Waals surface area contributed by atoms with Gasteiger partial charge in [0.05, 0.1) is 0 Å². The highest BCUT2D eigenvalue weighted by Crippen LogP contribution is 2.11. The molecule has 1 aromatic heterocycles. The number of aryl methyl sites for hydroxylation is 1. The lowest BCUT2D eigenvalue weighted by molar-refractivity contribution is 0.0792. The number of pyridine rings is 1. The third-order valence-electron chi connectivity index (χ3n) is 2.79. The number of rotatable bonds is 6. The monoisotopic (exact) mass is 250 g/mol. The minimum atomic E-state index is 0.00750. The molecule has 1 amide bonds. The highest BCUT2D eigenvalue weighted by molar-refractivity contribution is 5.94. The van der Waals surface area contributed by atoms with Crippen LogP contribution in [0.4, 0.5) is 5.82 Å². The van der Waals surface area contributed by atoms with E-state index in [1.54, 1.807) is 17.0 Å². The lowest BCUT2D eigenvalue weighted by Gasteiger charge is -2.17. The third kappa shape index (κ3) is 4.00. The van der Waals surface area contributed by atoms with E-state index in [1.807, 2.05) is 14.0 Å². The number of amides is 1. The van der Waals surface area contributed by atoms with E-state index in [4.69, 9.17) is 5.84 Å². The lowest BCUT2D eigenvalue weighted by atomic mass is 10.2. The number of hydrazine groups is 1. The molecule has 0 aromatic carbocycles. The van der Waals surface area contributed by atoms with Crippen LogP contribution >= 0.6 is 0 Å². The molecule has 0 saturated carbocycles. The van der Waals surface area contributed by atoms with E-state index in [-0.39, 0.29) is 5.91 Å². The fourth-order valence-corrected chi connectivity index (χ4v) is 1.79. The van der Waals surface area contributed by atoms with Crippen molar-refractivity contribution in [1.82, 2.24) is 9.88 Å². The SMILES string of the molecule is CCCCCN(C)C(=O)c1cc(C)nc(NN)c1. The van der Waals surface area contributed by atoms with Crippen molar-refractivity contribution in [1.29, 1.82) is 0 Å². The molecule has 0 unspecified atom stereocenters. The van der Waals surface area contributed by atoms with Crippen molar-refractivity contribution in [3.05, 3.63) is 23.4 Å². The van der Waals surface area contributed by atoms with Crippen molar-refractivity contribution in [2.24, 2.45) is 5.84 Å². The molecule has 0 spiro atoms. The molecule has 0 fully saturated rings. The molecule has 18 heavy (non-hydrogen) atoms. The zero-order chi connectivity index (χ0) is 13.5. The lowest BCUT2D eigenvalue weighted by Crippen LogP contribution is -2.28. The average molecular weight is 250 g/mol. The van der Waals surface area contributed by atoms with Crippen LogP contribution < -0.4 is 11.3 Å². The molecule has 0 aliphatic rings. The zero-order valence-corrected chi connectivity index (χ0v) is 11.4. The highest BCUT2D eigenvalue weighted by Gasteiger charge is 2.12. The first-order valence-corrected chi connectivity index (χ1v) is 6.29. The minimum absolute atomic E-state index is 0.00750. The molecule has 0 radical (unpaired) electrons. The van der Waals surface area contributed by atoms with Gasteiger partial charge in [-0.25, -0.2) is 10.8 Å². The number of carbonyl (C=O) groups is 1. The minimum Gasteiger partial charge on any atom is -0.342 e. The molecule has 0 bridgehead atoms. The zero-order valence-electron chi connectivity index (χ0n) is 11.4. The number of hydrogen-bond acceptors (Lipinski definition) is 4. The van der Waals surface area contributed by atoms with Gasteiger partial charge in [-0.1, -0.05) is 19.8 Å². The van der Waals surface area contributed by atoms with Crippen LogP contribution in [-0.2, 0) is 0 Å². The van der Waals surface area contributed by atoms with Crippen molar-refractivity contribution >= 4 is 11.7 Å². The van der Waals surface area contributed by atoms with E-state index in [9.17, 15) is 4.79 Å². The molecule has 0 atom stereocenters. The molecule has 0 aliphatic heterocycles. The predicted molar refractivity (Wildman–Crippen MR) is 73.3 cm³/mol. The van der Waals surface area contributed by atoms with Crippen molar-refractivity contribution in [3.63, 3.8) is 0 Å². The summed E-state index contributed by atoms with van der Waals surface area (Å²) in [5.74, 6) is 5.85. The standard InChI is InChI=1S/C13H22N4O/c1-4-5-6-7-17(3)13(18)11-8-10(2)15-12(9-11)16-14/h8-9H,4-7,14H2,1-3H3,(H,15,16). The Bertz CT molecular complexity index is 406. The number of carbonyl (C=O) groups excluding carboxylic acids is 1. The molecule has 0 aliphatic carbocycles. The second-order valence-electron chi connectivity index (χ2n) is 4.46. The van der Waals surface area contributed by atoms with Crippen molar-refractivity contribution in [2.75, 3.05) is 19.0 Å². The van der Waals surface area contributed by atoms with Crippen LogP contribution in [0.25, 0.3) is 0 Å². The van der Waals surface area contributed by atoms with E-state index < -0.39 is 0 Å². The second kappa shape index (κ2) is 6.96. The van der Waals surface area contributed by atoms with Gasteiger partial charge in [0.25, 0.3) is 5.91 Å². The Morgan fingerprint density at radius 3 is 2.78 bits per heavy atom. The number of aromatic nitrogens is 1. The van der Waals surface area contributed by atoms with E-state index in [1.165, 1.54) is 0 Å². The molecule has 3 N–H and O–H groups in total. The van der Waals surface area contributed by atoms with Gasteiger partial charge in [-0.3, -0.25) is 4.79 Å². The van der Waals surface area contributed by atoms with Crippen LogP contribution in [0.3, 0.4) is 0 Å². The van der Waals surface area contributed by atoms with Crippen LogP contribution in [0, 0.1) is 6.92 Å². The number of nitrogens with one attached hydrogen (secondary N) is 1. The van der Waals surface area contributed by atoms with Gasteiger partial charge in [-0.05, 0) is 25.5 Å². The van der Waals surface area contributed by atoms with Gasteiger partial charge in [0.1, 0.15) is 5.82 Å². The summed E-state index contributed by atoms with van der Waals surface area (Å²) in [6.07, 6.45) is 3.32. The molecule has 1 heterocycles. The Kier molecular flexibility index (Phi) is 5.58. The number of nitrogen functional groups attached to an aromatic ring is 1. The largest absolute Gasteiger partial charge is 0.342 e. The van der Waals surface area contributed by atoms with Crippen LogP contribution in [0.15, 0.2) is 12.1 Å². The third-order valence-corrected chi connectivity index (χ3v) is 2.79. The summed E-state index contributed by atoms with van der Waals surface area (Å²) in [7, 11) is 1.82. The number of nitrogens with two attached hydrogens (primary N) is 1. The fraction of sp³-hybridized carbons (Fsp3) is 0.538. The second-order valence-corrected chi connectivity index (χ2v) is 4.46. The number of nitrogens with zero attached hydrogens (tertiary/aromatic N) is 2. The number of hydrogen-bond donors (Lipinski definition) is 2. The molecule has 100 valence electrons. The van der Waals surface area contributed by atoms with Crippen molar-refractivity contribution < 1.29 is 4.79 Å². The summed E-state index contributed by atoms with van der Waals surface area (Å²) >= 11 is 0. The Labute approximate surface area is 108 Å². The summed E-state index contributed by atoms with van der Waals surface area (Å²) in [5, 5.41) is 0. The first-order chi connectivity index (χ1) is 8.58. The van der Waals surface area contributed by atoms with Crippen molar-refractivity contribution in [2.45, 2.75) is 33.1 Å². The summed E-state index contributed by atoms with van der Waals surface area (Å²) < 4.78 is 0. The van der Waals surface area contributed by atoms with E-state index >= 15 is 0 Å². The Balaban J connectivity index is 2.73. The first kappa shape index (κ1) is 14.4. The molecule has 5 nitrogen and oxygen atoms in total. The number of anilines is 1. The maximum absolute atomic E-state index is 12.2. The van der Waals surface area contributed by atoms with Crippen LogP contribution in [0.2, 0.25) is 0 Å². The summed E-state index contributed by atoms with van der Waals surface area (Å²) in [6.45, 7) is 4.77. The normalized spacial score (nSPS) is 10.2. The van der Waals surface area contributed by atoms with Gasteiger partial charge in [-0.15, -0.1) is 0 Å². The molecule has 0 saturated heterocycles. The molecular weight excluding hydrogens is 228 g/mol. The van der Waals surface area contributed by atoms with Crippen LogP contribution in [0.5, 0.6) is 0 Å². The maximum atomic E-state index is 12.2. The van der Waals surface area contributed by atoms with Crippen LogP contribution in [0.1, 0.15) is 42.2 Å². The van der Waals surface area contributed by atoms with Gasteiger partial charge >= 0.3 is 0 Å².